The van der Waals surface area contributed by atoms with E-state index in [9.17, 15) is 9.59 Å². The van der Waals surface area contributed by atoms with E-state index in [0.717, 1.165) is 5.56 Å². The van der Waals surface area contributed by atoms with Crippen LogP contribution in [-0.2, 0) is 4.79 Å². The minimum Gasteiger partial charge on any atom is -0.457 e. The van der Waals surface area contributed by atoms with E-state index in [1.165, 1.54) is 13.1 Å². The molecule has 0 aliphatic heterocycles. The van der Waals surface area contributed by atoms with Gasteiger partial charge in [0.05, 0.1) is 0 Å². The molecule has 2 amide bonds. The molecule has 2 aromatic carbocycles. The molecule has 3 rings (SSSR count). The van der Waals surface area contributed by atoms with Gasteiger partial charge < -0.3 is 15.1 Å². The van der Waals surface area contributed by atoms with E-state index in [1.54, 1.807) is 48.5 Å². The Morgan fingerprint density at radius 2 is 1.50 bits per heavy atom. The van der Waals surface area contributed by atoms with Crippen molar-refractivity contribution in [2.45, 2.75) is 0 Å². The number of carbonyl (C=O) groups is 2. The number of amides is 2. The van der Waals surface area contributed by atoms with Crippen LogP contribution in [0.2, 0.25) is 10.0 Å². The fourth-order valence-electron chi connectivity index (χ4n) is 2.43. The van der Waals surface area contributed by atoms with E-state index >= 15 is 0 Å². The van der Waals surface area contributed by atoms with Gasteiger partial charge in [-0.3, -0.25) is 9.59 Å². The van der Waals surface area contributed by atoms with Crippen LogP contribution in [0.15, 0.2) is 70.8 Å². The smallest absolute Gasteiger partial charge is 0.267 e. The minimum atomic E-state index is -0.452. The molecule has 2 N–H and O–H groups in total. The average molecular weight is 415 g/mol. The molecule has 0 aliphatic carbocycles. The third-order valence-corrected chi connectivity index (χ3v) is 4.37. The van der Waals surface area contributed by atoms with E-state index in [0.29, 0.717) is 27.1 Å². The van der Waals surface area contributed by atoms with Crippen LogP contribution in [0, 0.1) is 0 Å². The topological polar surface area (TPSA) is 71.3 Å². The number of hydrogen-bond donors (Lipinski definition) is 2. The summed E-state index contributed by atoms with van der Waals surface area (Å²) in [6.07, 6.45) is 1.46. The summed E-state index contributed by atoms with van der Waals surface area (Å²) >= 11 is 11.7. The van der Waals surface area contributed by atoms with E-state index in [-0.39, 0.29) is 5.70 Å². The molecule has 1 aromatic heterocycles. The second kappa shape index (κ2) is 8.78. The predicted molar refractivity (Wildman–Crippen MR) is 110 cm³/mol. The van der Waals surface area contributed by atoms with Crippen molar-refractivity contribution in [3.63, 3.8) is 0 Å². The number of benzene rings is 2. The first-order chi connectivity index (χ1) is 13.5. The van der Waals surface area contributed by atoms with Gasteiger partial charge in [-0.05, 0) is 60.7 Å². The van der Waals surface area contributed by atoms with Crippen LogP contribution < -0.4 is 10.6 Å². The molecule has 1 heterocycles. The van der Waals surface area contributed by atoms with Crippen molar-refractivity contribution in [2.75, 3.05) is 7.05 Å². The fourth-order valence-corrected chi connectivity index (χ4v) is 2.68. The summed E-state index contributed by atoms with van der Waals surface area (Å²) in [6.45, 7) is 0. The molecule has 5 nitrogen and oxygen atoms in total. The number of furan rings is 1. The summed E-state index contributed by atoms with van der Waals surface area (Å²) in [5.41, 5.74) is 1.27. The molecule has 0 saturated carbocycles. The van der Waals surface area contributed by atoms with Gasteiger partial charge >= 0.3 is 0 Å². The van der Waals surface area contributed by atoms with E-state index < -0.39 is 11.8 Å². The van der Waals surface area contributed by atoms with Crippen LogP contribution in [0.1, 0.15) is 16.1 Å². The van der Waals surface area contributed by atoms with Crippen molar-refractivity contribution < 1.29 is 14.0 Å². The molecule has 3 aromatic rings. The Kier molecular flexibility index (Phi) is 6.19. The van der Waals surface area contributed by atoms with Crippen LogP contribution >= 0.6 is 23.2 Å². The summed E-state index contributed by atoms with van der Waals surface area (Å²) < 4.78 is 5.77. The standard InChI is InChI=1S/C21H16Cl2N2O3/c1-24-21(27)18(25-20(26)14-4-8-16(23)9-5-14)12-17-10-11-19(28-17)13-2-6-15(22)7-3-13/h2-12H,1H3,(H,24,27)(H,25,26)/b18-12-. The van der Waals surface area contributed by atoms with Gasteiger partial charge in [-0.1, -0.05) is 23.2 Å². The van der Waals surface area contributed by atoms with E-state index in [1.807, 2.05) is 12.1 Å². The first-order valence-corrected chi connectivity index (χ1v) is 9.08. The Bertz CT molecular complexity index is 1020. The predicted octanol–water partition coefficient (Wildman–Crippen LogP) is 4.77. The molecule has 0 saturated heterocycles. The lowest BCUT2D eigenvalue weighted by atomic mass is 10.2. The van der Waals surface area contributed by atoms with Crippen LogP contribution in [0.3, 0.4) is 0 Å². The van der Waals surface area contributed by atoms with Crippen LogP contribution in [-0.4, -0.2) is 18.9 Å². The lowest BCUT2D eigenvalue weighted by Gasteiger charge is -2.08. The number of carbonyl (C=O) groups excluding carboxylic acids is 2. The quantitative estimate of drug-likeness (QED) is 0.590. The summed E-state index contributed by atoms with van der Waals surface area (Å²) in [7, 11) is 1.48. The number of rotatable bonds is 5. The molecule has 0 unspecified atom stereocenters. The second-order valence-corrected chi connectivity index (χ2v) is 6.68. The zero-order chi connectivity index (χ0) is 20.1. The van der Waals surface area contributed by atoms with Crippen molar-refractivity contribution in [1.82, 2.24) is 10.6 Å². The third kappa shape index (κ3) is 4.82. The Labute approximate surface area is 172 Å². The van der Waals surface area contributed by atoms with Crippen molar-refractivity contribution in [3.8, 4) is 11.3 Å². The highest BCUT2D eigenvalue weighted by molar-refractivity contribution is 6.31. The lowest BCUT2D eigenvalue weighted by molar-refractivity contribution is -0.117. The van der Waals surface area contributed by atoms with Crippen LogP contribution in [0.25, 0.3) is 17.4 Å². The monoisotopic (exact) mass is 414 g/mol. The molecule has 142 valence electrons. The molecule has 28 heavy (non-hydrogen) atoms. The first-order valence-electron chi connectivity index (χ1n) is 8.33. The molecular formula is C21H16Cl2N2O3. The first kappa shape index (κ1) is 19.7. The van der Waals surface area contributed by atoms with Gasteiger partial charge in [0.2, 0.25) is 0 Å². The SMILES string of the molecule is CNC(=O)/C(=C/c1ccc(-c2ccc(Cl)cc2)o1)NC(=O)c1ccc(Cl)cc1. The molecule has 0 aliphatic rings. The highest BCUT2D eigenvalue weighted by Gasteiger charge is 2.14. The van der Waals surface area contributed by atoms with Gasteiger partial charge in [-0.25, -0.2) is 0 Å². The van der Waals surface area contributed by atoms with Gasteiger partial charge in [0.1, 0.15) is 17.2 Å². The Balaban J connectivity index is 1.84. The van der Waals surface area contributed by atoms with Crippen molar-refractivity contribution in [3.05, 3.63) is 87.7 Å². The maximum absolute atomic E-state index is 12.4. The number of hydrogen-bond acceptors (Lipinski definition) is 3. The van der Waals surface area contributed by atoms with Gasteiger partial charge in [-0.2, -0.15) is 0 Å². The molecular weight excluding hydrogens is 399 g/mol. The largest absolute Gasteiger partial charge is 0.457 e. The zero-order valence-electron chi connectivity index (χ0n) is 14.8. The second-order valence-electron chi connectivity index (χ2n) is 5.81. The minimum absolute atomic E-state index is 0.0551. The fraction of sp³-hybridized carbons (Fsp3) is 0.0476. The van der Waals surface area contributed by atoms with Gasteiger partial charge in [0.15, 0.2) is 0 Å². The van der Waals surface area contributed by atoms with Crippen LogP contribution in [0.4, 0.5) is 0 Å². The third-order valence-electron chi connectivity index (χ3n) is 3.87. The molecule has 0 radical (unpaired) electrons. The number of likely N-dealkylation sites (N-methyl/N-ethyl adjacent to an activating group) is 1. The summed E-state index contributed by atoms with van der Waals surface area (Å²) in [6, 6.07) is 17.0. The zero-order valence-corrected chi connectivity index (χ0v) is 16.3. The molecule has 0 bridgehead atoms. The average Bonchev–Trinajstić information content (AvgIpc) is 3.16. The number of nitrogens with one attached hydrogen (secondary N) is 2. The highest BCUT2D eigenvalue weighted by Crippen LogP contribution is 2.24. The van der Waals surface area contributed by atoms with Gasteiger partial charge in [0.25, 0.3) is 11.8 Å². The Hall–Kier alpha value is -3.02. The number of halogens is 2. The summed E-state index contributed by atoms with van der Waals surface area (Å²) in [5.74, 6) is 0.144. The van der Waals surface area contributed by atoms with Crippen molar-refractivity contribution in [2.24, 2.45) is 0 Å². The molecule has 7 heteroatoms. The van der Waals surface area contributed by atoms with Crippen LogP contribution in [0.5, 0.6) is 0 Å². The molecule has 0 atom stereocenters. The molecule has 0 fully saturated rings. The van der Waals surface area contributed by atoms with Gasteiger partial charge in [-0.15, -0.1) is 0 Å². The summed E-state index contributed by atoms with van der Waals surface area (Å²) in [4.78, 5) is 24.6. The van der Waals surface area contributed by atoms with Crippen molar-refractivity contribution >= 4 is 41.1 Å². The van der Waals surface area contributed by atoms with E-state index in [4.69, 9.17) is 27.6 Å². The Morgan fingerprint density at radius 3 is 2.11 bits per heavy atom. The maximum atomic E-state index is 12.4. The molecule has 0 spiro atoms. The van der Waals surface area contributed by atoms with Crippen molar-refractivity contribution in [1.29, 1.82) is 0 Å². The normalized spacial score (nSPS) is 11.2. The lowest BCUT2D eigenvalue weighted by Crippen LogP contribution is -2.33. The Morgan fingerprint density at radius 1 is 0.893 bits per heavy atom. The van der Waals surface area contributed by atoms with E-state index in [2.05, 4.69) is 10.6 Å². The highest BCUT2D eigenvalue weighted by atomic mass is 35.5. The maximum Gasteiger partial charge on any atom is 0.267 e. The van der Waals surface area contributed by atoms with Gasteiger partial charge in [0, 0.05) is 34.3 Å². The summed E-state index contributed by atoms with van der Waals surface area (Å²) in [5, 5.41) is 6.24.